The average molecular weight is 328 g/mol. The highest BCUT2D eigenvalue weighted by Crippen LogP contribution is 2.65. The van der Waals surface area contributed by atoms with Crippen LogP contribution in [0.5, 0.6) is 0 Å². The molecule has 0 aliphatic heterocycles. The molecule has 0 spiro atoms. The van der Waals surface area contributed by atoms with Gasteiger partial charge >= 0.3 is 0 Å². The zero-order valence-corrected chi connectivity index (χ0v) is 14.9. The monoisotopic (exact) mass is 328 g/mol. The van der Waals surface area contributed by atoms with Crippen molar-refractivity contribution >= 4 is 11.6 Å². The van der Waals surface area contributed by atoms with E-state index in [9.17, 15) is 14.7 Å². The van der Waals surface area contributed by atoms with Gasteiger partial charge in [0.05, 0.1) is 6.10 Å². The van der Waals surface area contributed by atoms with Gasteiger partial charge in [-0.05, 0) is 67.4 Å². The van der Waals surface area contributed by atoms with Gasteiger partial charge in [-0.3, -0.25) is 9.59 Å². The van der Waals surface area contributed by atoms with Crippen LogP contribution in [-0.4, -0.2) is 22.8 Å². The molecule has 0 saturated heterocycles. The lowest BCUT2D eigenvalue weighted by atomic mass is 9.47. The molecule has 1 N–H and O–H groups in total. The molecular formula is C21H28O3. The van der Waals surface area contributed by atoms with E-state index in [1.54, 1.807) is 6.92 Å². The minimum Gasteiger partial charge on any atom is -0.393 e. The Morgan fingerprint density at radius 2 is 2.00 bits per heavy atom. The lowest BCUT2D eigenvalue weighted by Gasteiger charge is -2.57. The van der Waals surface area contributed by atoms with Gasteiger partial charge in [-0.15, -0.1) is 0 Å². The third-order valence-electron chi connectivity index (χ3n) is 8.11. The van der Waals surface area contributed by atoms with Gasteiger partial charge in [0, 0.05) is 17.8 Å². The van der Waals surface area contributed by atoms with Crippen molar-refractivity contribution < 1.29 is 14.7 Å². The van der Waals surface area contributed by atoms with Crippen LogP contribution in [0.4, 0.5) is 0 Å². The second-order valence-corrected chi connectivity index (χ2v) is 8.99. The van der Waals surface area contributed by atoms with E-state index < -0.39 is 6.10 Å². The molecule has 4 aliphatic carbocycles. The molecule has 4 aliphatic rings. The van der Waals surface area contributed by atoms with Gasteiger partial charge in [0.25, 0.3) is 0 Å². The van der Waals surface area contributed by atoms with Crippen LogP contribution in [0.3, 0.4) is 0 Å². The Labute approximate surface area is 144 Å². The summed E-state index contributed by atoms with van der Waals surface area (Å²) in [5, 5.41) is 11.1. The third-order valence-corrected chi connectivity index (χ3v) is 8.11. The first-order valence-electron chi connectivity index (χ1n) is 9.40. The summed E-state index contributed by atoms with van der Waals surface area (Å²) in [6.07, 6.45) is 10.0. The largest absolute Gasteiger partial charge is 0.393 e. The standard InChI is InChI=1S/C21H28O3/c1-12(22)16-6-7-17-15-5-4-13-10-14(23)8-9-20(13,2)18(15)11-19(24)21(16,17)3/h4-5,10,15-19,24H,6-9,11H2,1-3H3/t15-,16+,17-,18+,19+,20-,21+/m0/s1. The highest BCUT2D eigenvalue weighted by molar-refractivity contribution is 5.92. The summed E-state index contributed by atoms with van der Waals surface area (Å²) < 4.78 is 0. The summed E-state index contributed by atoms with van der Waals surface area (Å²) in [5.41, 5.74) is 0.848. The number of fused-ring (bicyclic) bond motifs is 5. The maximum Gasteiger partial charge on any atom is 0.156 e. The highest BCUT2D eigenvalue weighted by Gasteiger charge is 2.62. The van der Waals surface area contributed by atoms with Crippen molar-refractivity contribution in [1.29, 1.82) is 0 Å². The number of hydrogen-bond donors (Lipinski definition) is 1. The predicted molar refractivity (Wildman–Crippen MR) is 92.2 cm³/mol. The van der Waals surface area contributed by atoms with Crippen LogP contribution >= 0.6 is 0 Å². The first-order chi connectivity index (χ1) is 11.3. The topological polar surface area (TPSA) is 54.4 Å². The van der Waals surface area contributed by atoms with Crippen LogP contribution < -0.4 is 0 Å². The van der Waals surface area contributed by atoms with Crippen LogP contribution in [0.25, 0.3) is 0 Å². The molecular weight excluding hydrogens is 300 g/mol. The van der Waals surface area contributed by atoms with E-state index in [-0.39, 0.29) is 28.3 Å². The number of rotatable bonds is 1. The molecule has 0 bridgehead atoms. The molecule has 0 aromatic carbocycles. The van der Waals surface area contributed by atoms with E-state index in [2.05, 4.69) is 26.0 Å². The van der Waals surface area contributed by atoms with E-state index in [1.807, 2.05) is 6.08 Å². The molecule has 3 nitrogen and oxygen atoms in total. The Morgan fingerprint density at radius 3 is 2.71 bits per heavy atom. The lowest BCUT2D eigenvalue weighted by Crippen LogP contribution is -2.56. The molecule has 0 unspecified atom stereocenters. The van der Waals surface area contributed by atoms with Gasteiger partial charge in [-0.25, -0.2) is 0 Å². The van der Waals surface area contributed by atoms with Crippen molar-refractivity contribution in [3.63, 3.8) is 0 Å². The number of Topliss-reactive ketones (excluding diaryl/α,β-unsaturated/α-hetero) is 1. The van der Waals surface area contributed by atoms with E-state index >= 15 is 0 Å². The van der Waals surface area contributed by atoms with Crippen LogP contribution in [-0.2, 0) is 9.59 Å². The minimum atomic E-state index is -0.428. The molecule has 0 heterocycles. The molecule has 4 rings (SSSR count). The maximum atomic E-state index is 12.2. The molecule has 0 aromatic rings. The number of aliphatic hydroxyl groups excluding tert-OH is 1. The quantitative estimate of drug-likeness (QED) is 0.802. The van der Waals surface area contributed by atoms with E-state index in [0.29, 0.717) is 24.2 Å². The number of carbonyl (C=O) groups is 2. The van der Waals surface area contributed by atoms with Crippen molar-refractivity contribution in [2.75, 3.05) is 0 Å². The van der Waals surface area contributed by atoms with Gasteiger partial charge in [0.15, 0.2) is 5.78 Å². The number of carbonyl (C=O) groups excluding carboxylic acids is 2. The second kappa shape index (κ2) is 5.14. The predicted octanol–water partition coefficient (Wildman–Crippen LogP) is 3.47. The lowest BCUT2D eigenvalue weighted by molar-refractivity contribution is -0.141. The molecule has 7 atom stereocenters. The summed E-state index contributed by atoms with van der Waals surface area (Å²) in [6, 6.07) is 0. The van der Waals surface area contributed by atoms with Gasteiger partial charge in [-0.1, -0.05) is 26.0 Å². The number of aliphatic hydroxyl groups is 1. The van der Waals surface area contributed by atoms with Crippen molar-refractivity contribution in [3.05, 3.63) is 23.8 Å². The van der Waals surface area contributed by atoms with Gasteiger partial charge in [0.1, 0.15) is 5.78 Å². The molecule has 3 heteroatoms. The average Bonchev–Trinajstić information content (AvgIpc) is 2.88. The zero-order chi connectivity index (χ0) is 17.3. The van der Waals surface area contributed by atoms with Crippen molar-refractivity contribution in [1.82, 2.24) is 0 Å². The first-order valence-corrected chi connectivity index (χ1v) is 9.40. The minimum absolute atomic E-state index is 0.00970. The Balaban J connectivity index is 1.77. The van der Waals surface area contributed by atoms with Crippen LogP contribution in [0, 0.1) is 34.5 Å². The number of ketones is 2. The first kappa shape index (κ1) is 16.3. The van der Waals surface area contributed by atoms with Crippen LogP contribution in [0.2, 0.25) is 0 Å². The Kier molecular flexibility index (Phi) is 3.48. The molecule has 0 amide bonds. The molecule has 24 heavy (non-hydrogen) atoms. The number of hydrogen-bond acceptors (Lipinski definition) is 3. The molecule has 2 saturated carbocycles. The Bertz CT molecular complexity index is 660. The summed E-state index contributed by atoms with van der Waals surface area (Å²) in [6.45, 7) is 6.10. The van der Waals surface area contributed by atoms with Crippen LogP contribution in [0.1, 0.15) is 52.9 Å². The van der Waals surface area contributed by atoms with E-state index in [1.165, 1.54) is 0 Å². The number of allylic oxidation sites excluding steroid dienone is 4. The normalized spacial score (nSPS) is 49.9. The summed E-state index contributed by atoms with van der Waals surface area (Å²) in [7, 11) is 0. The fourth-order valence-corrected chi connectivity index (χ4v) is 6.63. The fraction of sp³-hybridized carbons (Fsp3) is 0.714. The smallest absolute Gasteiger partial charge is 0.156 e. The third kappa shape index (κ3) is 1.94. The van der Waals surface area contributed by atoms with E-state index in [4.69, 9.17) is 0 Å². The SMILES string of the molecule is CC(=O)[C@H]1CC[C@H]2[C@@H]3C=CC4=CC(=O)CC[C@]4(C)[C@@H]3C[C@@H](O)[C@]12C. The second-order valence-electron chi connectivity index (χ2n) is 8.99. The summed E-state index contributed by atoms with van der Waals surface area (Å²) in [5.74, 6) is 1.60. The molecule has 2 fully saturated rings. The van der Waals surface area contributed by atoms with Crippen molar-refractivity contribution in [2.45, 2.75) is 59.0 Å². The summed E-state index contributed by atoms with van der Waals surface area (Å²) >= 11 is 0. The van der Waals surface area contributed by atoms with Crippen molar-refractivity contribution in [3.8, 4) is 0 Å². The summed E-state index contributed by atoms with van der Waals surface area (Å²) in [4.78, 5) is 24.0. The molecule has 0 aromatic heterocycles. The highest BCUT2D eigenvalue weighted by atomic mass is 16.3. The fourth-order valence-electron chi connectivity index (χ4n) is 6.63. The Hall–Kier alpha value is -1.22. The Morgan fingerprint density at radius 1 is 1.25 bits per heavy atom. The molecule has 0 radical (unpaired) electrons. The van der Waals surface area contributed by atoms with Gasteiger partial charge in [-0.2, -0.15) is 0 Å². The maximum absolute atomic E-state index is 12.2. The van der Waals surface area contributed by atoms with Crippen molar-refractivity contribution in [2.24, 2.45) is 34.5 Å². The van der Waals surface area contributed by atoms with Gasteiger partial charge < -0.3 is 5.11 Å². The zero-order valence-electron chi connectivity index (χ0n) is 14.9. The van der Waals surface area contributed by atoms with Gasteiger partial charge in [0.2, 0.25) is 0 Å². The van der Waals surface area contributed by atoms with E-state index in [0.717, 1.165) is 31.3 Å². The molecule has 130 valence electrons. The van der Waals surface area contributed by atoms with Crippen LogP contribution in [0.15, 0.2) is 23.8 Å².